The maximum Gasteiger partial charge on any atom is 0.0306 e. The van der Waals surface area contributed by atoms with Gasteiger partial charge in [0.2, 0.25) is 0 Å². The van der Waals surface area contributed by atoms with E-state index in [1.807, 2.05) is 0 Å². The smallest absolute Gasteiger partial charge is 0.0306 e. The fourth-order valence-corrected chi connectivity index (χ4v) is 3.18. The quantitative estimate of drug-likeness (QED) is 0.647. The first kappa shape index (κ1) is 8.51. The van der Waals surface area contributed by atoms with Gasteiger partial charge in [0.05, 0.1) is 0 Å². The second kappa shape index (κ2) is 2.94. The zero-order valence-corrected chi connectivity index (χ0v) is 9.16. The standard InChI is InChI=1S/C15H13N/c1-2-10-4-6-12-8-16-9-13-7-5-11(3-1)14(10)15(12)13/h1-3,8-9H,4-7H2. The van der Waals surface area contributed by atoms with Crippen molar-refractivity contribution in [3.05, 3.63) is 52.8 Å². The summed E-state index contributed by atoms with van der Waals surface area (Å²) in [5, 5.41) is 0. The van der Waals surface area contributed by atoms with Gasteiger partial charge in [-0.05, 0) is 59.1 Å². The Morgan fingerprint density at radius 2 is 1.19 bits per heavy atom. The number of aromatic nitrogens is 1. The summed E-state index contributed by atoms with van der Waals surface area (Å²) in [6.45, 7) is 0. The number of rotatable bonds is 0. The van der Waals surface area contributed by atoms with Gasteiger partial charge in [0.1, 0.15) is 0 Å². The van der Waals surface area contributed by atoms with E-state index in [4.69, 9.17) is 0 Å². The van der Waals surface area contributed by atoms with E-state index in [1.54, 1.807) is 0 Å². The summed E-state index contributed by atoms with van der Waals surface area (Å²) in [5.74, 6) is 0. The zero-order chi connectivity index (χ0) is 10.5. The number of benzene rings is 1. The summed E-state index contributed by atoms with van der Waals surface area (Å²) < 4.78 is 0. The lowest BCUT2D eigenvalue weighted by atomic mass is 9.77. The summed E-state index contributed by atoms with van der Waals surface area (Å²) in [6, 6.07) is 6.79. The monoisotopic (exact) mass is 207 g/mol. The van der Waals surface area contributed by atoms with Crippen molar-refractivity contribution in [1.82, 2.24) is 4.98 Å². The van der Waals surface area contributed by atoms with Crippen molar-refractivity contribution >= 4 is 0 Å². The van der Waals surface area contributed by atoms with Crippen molar-refractivity contribution in [3.8, 4) is 11.1 Å². The predicted octanol–water partition coefficient (Wildman–Crippen LogP) is 2.95. The molecule has 2 aliphatic carbocycles. The minimum Gasteiger partial charge on any atom is -0.264 e. The van der Waals surface area contributed by atoms with Crippen LogP contribution in [0.2, 0.25) is 0 Å². The second-order valence-corrected chi connectivity index (χ2v) is 4.78. The van der Waals surface area contributed by atoms with E-state index in [0.29, 0.717) is 0 Å². The second-order valence-electron chi connectivity index (χ2n) is 4.78. The van der Waals surface area contributed by atoms with Crippen LogP contribution in [0.5, 0.6) is 0 Å². The lowest BCUT2D eigenvalue weighted by molar-refractivity contribution is 0.863. The molecule has 0 spiro atoms. The van der Waals surface area contributed by atoms with E-state index >= 15 is 0 Å². The summed E-state index contributed by atoms with van der Waals surface area (Å²) in [7, 11) is 0. The minimum absolute atomic E-state index is 1.16. The summed E-state index contributed by atoms with van der Waals surface area (Å²) in [4.78, 5) is 4.37. The van der Waals surface area contributed by atoms with E-state index in [0.717, 1.165) is 12.8 Å². The fourth-order valence-electron chi connectivity index (χ4n) is 3.18. The van der Waals surface area contributed by atoms with Gasteiger partial charge >= 0.3 is 0 Å². The van der Waals surface area contributed by atoms with Gasteiger partial charge in [-0.2, -0.15) is 0 Å². The Labute approximate surface area is 95.2 Å². The van der Waals surface area contributed by atoms with Gasteiger partial charge in [0.15, 0.2) is 0 Å². The molecule has 78 valence electrons. The van der Waals surface area contributed by atoms with E-state index in [1.165, 1.54) is 46.2 Å². The topological polar surface area (TPSA) is 12.9 Å². The lowest BCUT2D eigenvalue weighted by Crippen LogP contribution is -2.14. The molecule has 0 N–H and O–H groups in total. The Kier molecular flexibility index (Phi) is 1.57. The molecule has 0 amide bonds. The normalized spacial score (nSPS) is 15.8. The van der Waals surface area contributed by atoms with E-state index in [2.05, 4.69) is 35.6 Å². The van der Waals surface area contributed by atoms with Gasteiger partial charge in [0.25, 0.3) is 0 Å². The molecule has 2 aromatic rings. The van der Waals surface area contributed by atoms with Crippen LogP contribution < -0.4 is 0 Å². The Morgan fingerprint density at radius 1 is 0.688 bits per heavy atom. The Bertz CT molecular complexity index is 486. The van der Waals surface area contributed by atoms with Crippen LogP contribution in [0.3, 0.4) is 0 Å². The molecule has 0 saturated heterocycles. The lowest BCUT2D eigenvalue weighted by Gasteiger charge is -2.28. The summed E-state index contributed by atoms with van der Waals surface area (Å²) >= 11 is 0. The van der Waals surface area contributed by atoms with Crippen molar-refractivity contribution in [2.24, 2.45) is 0 Å². The molecular weight excluding hydrogens is 194 g/mol. The Morgan fingerprint density at radius 3 is 1.81 bits per heavy atom. The number of pyridine rings is 1. The first-order valence-electron chi connectivity index (χ1n) is 6.00. The van der Waals surface area contributed by atoms with E-state index in [-0.39, 0.29) is 0 Å². The molecule has 1 aromatic heterocycles. The van der Waals surface area contributed by atoms with E-state index < -0.39 is 0 Å². The molecule has 2 aliphatic rings. The molecule has 1 heterocycles. The van der Waals surface area contributed by atoms with Crippen LogP contribution in [0.4, 0.5) is 0 Å². The molecule has 1 nitrogen and oxygen atoms in total. The molecule has 1 aromatic carbocycles. The molecule has 0 saturated carbocycles. The van der Waals surface area contributed by atoms with Crippen LogP contribution in [0, 0.1) is 0 Å². The maximum absolute atomic E-state index is 4.37. The first-order valence-corrected chi connectivity index (χ1v) is 6.00. The van der Waals surface area contributed by atoms with Crippen LogP contribution in [0.15, 0.2) is 30.6 Å². The molecular formula is C15H13N. The number of hydrogen-bond donors (Lipinski definition) is 0. The number of hydrogen-bond acceptors (Lipinski definition) is 1. The van der Waals surface area contributed by atoms with Gasteiger partial charge in [-0.15, -0.1) is 0 Å². The number of aryl methyl sites for hydroxylation is 4. The Balaban J connectivity index is 2.15. The fraction of sp³-hybridized carbons (Fsp3) is 0.267. The third-order valence-corrected chi connectivity index (χ3v) is 3.92. The highest BCUT2D eigenvalue weighted by atomic mass is 14.6. The van der Waals surface area contributed by atoms with Gasteiger partial charge in [-0.3, -0.25) is 4.98 Å². The Hall–Kier alpha value is -1.63. The minimum atomic E-state index is 1.16. The molecule has 0 aliphatic heterocycles. The summed E-state index contributed by atoms with van der Waals surface area (Å²) in [6.07, 6.45) is 8.80. The number of nitrogens with zero attached hydrogens (tertiary/aromatic N) is 1. The van der Waals surface area contributed by atoms with Gasteiger partial charge in [-0.25, -0.2) is 0 Å². The van der Waals surface area contributed by atoms with E-state index in [9.17, 15) is 0 Å². The molecule has 0 unspecified atom stereocenters. The average Bonchev–Trinajstić information content (AvgIpc) is 2.36. The third-order valence-electron chi connectivity index (χ3n) is 3.92. The van der Waals surface area contributed by atoms with Crippen molar-refractivity contribution in [2.75, 3.05) is 0 Å². The van der Waals surface area contributed by atoms with Crippen molar-refractivity contribution in [1.29, 1.82) is 0 Å². The van der Waals surface area contributed by atoms with Crippen molar-refractivity contribution in [3.63, 3.8) is 0 Å². The zero-order valence-electron chi connectivity index (χ0n) is 9.16. The van der Waals surface area contributed by atoms with Crippen LogP contribution in [0.1, 0.15) is 22.3 Å². The van der Waals surface area contributed by atoms with Crippen LogP contribution in [0.25, 0.3) is 11.1 Å². The van der Waals surface area contributed by atoms with Crippen LogP contribution >= 0.6 is 0 Å². The average molecular weight is 207 g/mol. The molecule has 0 radical (unpaired) electrons. The largest absolute Gasteiger partial charge is 0.264 e. The van der Waals surface area contributed by atoms with Crippen LogP contribution in [-0.2, 0) is 25.7 Å². The van der Waals surface area contributed by atoms with Gasteiger partial charge < -0.3 is 0 Å². The van der Waals surface area contributed by atoms with Crippen LogP contribution in [-0.4, -0.2) is 4.98 Å². The molecule has 16 heavy (non-hydrogen) atoms. The van der Waals surface area contributed by atoms with Gasteiger partial charge in [-0.1, -0.05) is 18.2 Å². The molecule has 1 heteroatoms. The molecule has 0 atom stereocenters. The highest BCUT2D eigenvalue weighted by Crippen LogP contribution is 2.41. The predicted molar refractivity (Wildman–Crippen MR) is 64.5 cm³/mol. The third kappa shape index (κ3) is 0.981. The first-order chi connectivity index (χ1) is 7.93. The van der Waals surface area contributed by atoms with Crippen molar-refractivity contribution < 1.29 is 0 Å². The molecule has 0 fully saturated rings. The van der Waals surface area contributed by atoms with Crippen molar-refractivity contribution in [2.45, 2.75) is 25.7 Å². The molecule has 0 bridgehead atoms. The van der Waals surface area contributed by atoms with Gasteiger partial charge in [0, 0.05) is 12.4 Å². The summed E-state index contributed by atoms with van der Waals surface area (Å²) in [5.41, 5.74) is 9.04. The highest BCUT2D eigenvalue weighted by Gasteiger charge is 2.24. The molecule has 4 rings (SSSR count). The highest BCUT2D eigenvalue weighted by molar-refractivity contribution is 5.80. The maximum atomic E-state index is 4.37. The SMILES string of the molecule is c1cc2c3c(c1)CCc1cncc(c1-3)CC2.